The van der Waals surface area contributed by atoms with E-state index in [0.717, 1.165) is 22.9 Å². The van der Waals surface area contributed by atoms with E-state index in [1.165, 1.54) is 0 Å². The Bertz CT molecular complexity index is 337. The topological polar surface area (TPSA) is 32.3 Å². The van der Waals surface area contributed by atoms with Crippen LogP contribution in [0.4, 0.5) is 0 Å². The van der Waals surface area contributed by atoms with Crippen LogP contribution in [0.1, 0.15) is 45.2 Å². The second kappa shape index (κ2) is 6.26. The average Bonchev–Trinajstić information content (AvgIpc) is 2.28. The van der Waals surface area contributed by atoms with Gasteiger partial charge in [0.1, 0.15) is 5.75 Å². The Balaban J connectivity index is 2.79. The first-order valence-corrected chi connectivity index (χ1v) is 6.62. The summed E-state index contributed by atoms with van der Waals surface area (Å²) in [4.78, 5) is 0. The van der Waals surface area contributed by atoms with Crippen LogP contribution >= 0.6 is 15.9 Å². The van der Waals surface area contributed by atoms with E-state index in [9.17, 15) is 5.11 Å². The summed E-state index contributed by atoms with van der Waals surface area (Å²) < 4.78 is 0.999. The molecule has 1 unspecified atom stereocenters. The second-order valence-electron chi connectivity index (χ2n) is 4.10. The number of rotatable bonds is 5. The maximum absolute atomic E-state index is 9.80. The number of aromatic hydroxyl groups is 1. The number of halogens is 1. The molecule has 0 radical (unpaired) electrons. The van der Waals surface area contributed by atoms with Gasteiger partial charge in [0.15, 0.2) is 0 Å². The van der Waals surface area contributed by atoms with Crippen LogP contribution < -0.4 is 5.32 Å². The molecule has 1 atom stereocenters. The summed E-state index contributed by atoms with van der Waals surface area (Å²) in [6.45, 7) is 6.43. The largest absolute Gasteiger partial charge is 0.508 e. The molecule has 2 N–H and O–H groups in total. The van der Waals surface area contributed by atoms with Crippen LogP contribution in [0.3, 0.4) is 0 Å². The van der Waals surface area contributed by atoms with Gasteiger partial charge >= 0.3 is 0 Å². The van der Waals surface area contributed by atoms with E-state index >= 15 is 0 Å². The Morgan fingerprint density at radius 3 is 2.50 bits per heavy atom. The molecule has 1 aromatic carbocycles. The lowest BCUT2D eigenvalue weighted by atomic mass is 10.0. The van der Waals surface area contributed by atoms with Gasteiger partial charge < -0.3 is 10.4 Å². The summed E-state index contributed by atoms with van der Waals surface area (Å²) in [5.74, 6) is 0.356. The summed E-state index contributed by atoms with van der Waals surface area (Å²) in [6, 6.07) is 6.22. The van der Waals surface area contributed by atoms with Crippen molar-refractivity contribution in [1.29, 1.82) is 0 Å². The van der Waals surface area contributed by atoms with E-state index in [-0.39, 0.29) is 6.04 Å². The van der Waals surface area contributed by atoms with Gasteiger partial charge in [-0.2, -0.15) is 0 Å². The third-order valence-corrected chi connectivity index (χ3v) is 3.42. The van der Waals surface area contributed by atoms with Gasteiger partial charge in [0.25, 0.3) is 0 Å². The molecule has 0 aromatic heterocycles. The van der Waals surface area contributed by atoms with Crippen molar-refractivity contribution in [2.24, 2.45) is 0 Å². The maximum Gasteiger partial charge on any atom is 0.120 e. The lowest BCUT2D eigenvalue weighted by molar-refractivity contribution is 0.411. The van der Waals surface area contributed by atoms with Crippen LogP contribution in [-0.4, -0.2) is 11.1 Å². The van der Waals surface area contributed by atoms with Crippen molar-refractivity contribution in [3.8, 4) is 5.75 Å². The quantitative estimate of drug-likeness (QED) is 0.857. The third kappa shape index (κ3) is 3.49. The number of benzene rings is 1. The highest BCUT2D eigenvalue weighted by Gasteiger charge is 2.13. The molecule has 1 rings (SSSR count). The molecule has 0 spiro atoms. The molecule has 1 aromatic rings. The van der Waals surface area contributed by atoms with Gasteiger partial charge in [-0.15, -0.1) is 0 Å². The Hall–Kier alpha value is -0.540. The van der Waals surface area contributed by atoms with Crippen molar-refractivity contribution in [1.82, 2.24) is 5.32 Å². The predicted octanol–water partition coefficient (Wildman–Crippen LogP) is 3.99. The van der Waals surface area contributed by atoms with Crippen LogP contribution in [0.15, 0.2) is 22.7 Å². The summed E-state index contributed by atoms with van der Waals surface area (Å²) in [7, 11) is 0. The molecule has 0 aliphatic heterocycles. The number of nitrogens with one attached hydrogen (secondary N) is 1. The summed E-state index contributed by atoms with van der Waals surface area (Å²) in [6.07, 6.45) is 2.21. The molecule has 0 aliphatic carbocycles. The molecule has 0 saturated carbocycles. The van der Waals surface area contributed by atoms with Crippen molar-refractivity contribution in [2.45, 2.75) is 45.7 Å². The first-order chi connectivity index (χ1) is 7.58. The Morgan fingerprint density at radius 2 is 1.94 bits per heavy atom. The minimum atomic E-state index is 0.169. The SMILES string of the molecule is CCC(CC)NC(C)c1cc(Br)ccc1O. The number of phenols is 1. The fourth-order valence-electron chi connectivity index (χ4n) is 1.84. The van der Waals surface area contributed by atoms with Crippen LogP contribution in [0, 0.1) is 0 Å². The fourth-order valence-corrected chi connectivity index (χ4v) is 2.22. The molecule has 0 heterocycles. The molecule has 16 heavy (non-hydrogen) atoms. The summed E-state index contributed by atoms with van der Waals surface area (Å²) in [5, 5.41) is 13.3. The molecule has 0 saturated heterocycles. The second-order valence-corrected chi connectivity index (χ2v) is 5.02. The highest BCUT2D eigenvalue weighted by Crippen LogP contribution is 2.27. The van der Waals surface area contributed by atoms with Gasteiger partial charge in [-0.3, -0.25) is 0 Å². The molecule has 90 valence electrons. The molecule has 0 amide bonds. The molecule has 0 bridgehead atoms. The van der Waals surface area contributed by atoms with Crippen molar-refractivity contribution in [3.05, 3.63) is 28.2 Å². The smallest absolute Gasteiger partial charge is 0.120 e. The molecular formula is C13H20BrNO. The van der Waals surface area contributed by atoms with Crippen LogP contribution in [0.5, 0.6) is 5.75 Å². The van der Waals surface area contributed by atoms with Gasteiger partial charge in [0.2, 0.25) is 0 Å². The Kier molecular flexibility index (Phi) is 5.29. The zero-order chi connectivity index (χ0) is 12.1. The van der Waals surface area contributed by atoms with Gasteiger partial charge in [0, 0.05) is 22.1 Å². The van der Waals surface area contributed by atoms with E-state index < -0.39 is 0 Å². The molecule has 0 aliphatic rings. The summed E-state index contributed by atoms with van der Waals surface area (Å²) in [5.41, 5.74) is 0.946. The van der Waals surface area contributed by atoms with Gasteiger partial charge in [-0.05, 0) is 38.0 Å². The minimum absolute atomic E-state index is 0.169. The third-order valence-electron chi connectivity index (χ3n) is 2.93. The Morgan fingerprint density at radius 1 is 1.31 bits per heavy atom. The summed E-state index contributed by atoms with van der Waals surface area (Å²) >= 11 is 3.43. The standard InChI is InChI=1S/C13H20BrNO/c1-4-11(5-2)15-9(3)12-8-10(14)6-7-13(12)16/h6-9,11,15-16H,4-5H2,1-3H3. The van der Waals surface area contributed by atoms with E-state index in [4.69, 9.17) is 0 Å². The first-order valence-electron chi connectivity index (χ1n) is 5.82. The van der Waals surface area contributed by atoms with Crippen LogP contribution in [0.2, 0.25) is 0 Å². The molecule has 3 heteroatoms. The molecular weight excluding hydrogens is 266 g/mol. The first kappa shape index (κ1) is 13.5. The van der Waals surface area contributed by atoms with E-state index in [0.29, 0.717) is 11.8 Å². The van der Waals surface area contributed by atoms with Gasteiger partial charge in [-0.1, -0.05) is 29.8 Å². The lowest BCUT2D eigenvalue weighted by Gasteiger charge is -2.22. The monoisotopic (exact) mass is 285 g/mol. The zero-order valence-electron chi connectivity index (χ0n) is 10.1. The number of hydrogen-bond donors (Lipinski definition) is 2. The number of phenolic OH excluding ortho intramolecular Hbond substituents is 1. The van der Waals surface area contributed by atoms with E-state index in [1.807, 2.05) is 12.1 Å². The van der Waals surface area contributed by atoms with E-state index in [2.05, 4.69) is 42.0 Å². The van der Waals surface area contributed by atoms with Crippen molar-refractivity contribution < 1.29 is 5.11 Å². The number of hydrogen-bond acceptors (Lipinski definition) is 2. The minimum Gasteiger partial charge on any atom is -0.508 e. The molecule has 0 fully saturated rings. The normalized spacial score (nSPS) is 13.1. The van der Waals surface area contributed by atoms with Crippen LogP contribution in [0.25, 0.3) is 0 Å². The predicted molar refractivity (Wildman–Crippen MR) is 71.7 cm³/mol. The highest BCUT2D eigenvalue weighted by molar-refractivity contribution is 9.10. The Labute approximate surface area is 106 Å². The zero-order valence-corrected chi connectivity index (χ0v) is 11.7. The van der Waals surface area contributed by atoms with Crippen LogP contribution in [-0.2, 0) is 0 Å². The highest BCUT2D eigenvalue weighted by atomic mass is 79.9. The van der Waals surface area contributed by atoms with Gasteiger partial charge in [-0.25, -0.2) is 0 Å². The van der Waals surface area contributed by atoms with Crippen molar-refractivity contribution in [3.63, 3.8) is 0 Å². The maximum atomic E-state index is 9.80. The fraction of sp³-hybridized carbons (Fsp3) is 0.538. The van der Waals surface area contributed by atoms with Gasteiger partial charge in [0.05, 0.1) is 0 Å². The van der Waals surface area contributed by atoms with Crippen molar-refractivity contribution >= 4 is 15.9 Å². The lowest BCUT2D eigenvalue weighted by Crippen LogP contribution is -2.30. The van der Waals surface area contributed by atoms with E-state index in [1.54, 1.807) is 6.07 Å². The molecule has 2 nitrogen and oxygen atoms in total. The van der Waals surface area contributed by atoms with Crippen molar-refractivity contribution in [2.75, 3.05) is 0 Å². The average molecular weight is 286 g/mol.